The number of rotatable bonds is 3. The molecule has 0 spiro atoms. The minimum absolute atomic E-state index is 0. The van der Waals surface area contributed by atoms with Crippen molar-refractivity contribution in [3.8, 4) is 0 Å². The van der Waals surface area contributed by atoms with Crippen LogP contribution in [0.1, 0.15) is 26.7 Å². The van der Waals surface area contributed by atoms with Gasteiger partial charge in [0, 0.05) is 18.0 Å². The summed E-state index contributed by atoms with van der Waals surface area (Å²) in [6.45, 7) is 5.74. The molecule has 5 heteroatoms. The van der Waals surface area contributed by atoms with Crippen LogP contribution in [0.15, 0.2) is 0 Å². The first kappa shape index (κ1) is 14.7. The topological polar surface area (TPSA) is 67.2 Å². The molecule has 15 heavy (non-hydrogen) atoms. The maximum atomic E-state index is 11.6. The van der Waals surface area contributed by atoms with Gasteiger partial charge in [0.15, 0.2) is 0 Å². The van der Waals surface area contributed by atoms with Crippen LogP contribution in [0.4, 0.5) is 0 Å². The molecule has 1 saturated heterocycles. The van der Waals surface area contributed by atoms with Crippen LogP contribution in [0, 0.1) is 5.92 Å². The quantitative estimate of drug-likeness (QED) is 0.658. The third-order valence-corrected chi connectivity index (χ3v) is 2.89. The predicted molar refractivity (Wildman–Crippen MR) is 64.1 cm³/mol. The lowest BCUT2D eigenvalue weighted by Gasteiger charge is -2.26. The molecule has 0 aliphatic carbocycles. The van der Waals surface area contributed by atoms with Gasteiger partial charge in [-0.25, -0.2) is 0 Å². The molecule has 0 saturated carbocycles. The van der Waals surface area contributed by atoms with E-state index in [9.17, 15) is 4.79 Å². The summed E-state index contributed by atoms with van der Waals surface area (Å²) >= 11 is 0. The van der Waals surface area contributed by atoms with E-state index in [2.05, 4.69) is 10.6 Å². The van der Waals surface area contributed by atoms with Gasteiger partial charge in [-0.3, -0.25) is 4.79 Å². The fourth-order valence-electron chi connectivity index (χ4n) is 1.54. The molecule has 90 valence electrons. The molecule has 4 nitrogen and oxygen atoms in total. The van der Waals surface area contributed by atoms with Crippen molar-refractivity contribution in [1.29, 1.82) is 0 Å². The number of nitrogens with one attached hydrogen (secondary N) is 2. The molecule has 1 heterocycles. The number of carbonyl (C=O) groups excluding carboxylic acids is 1. The van der Waals surface area contributed by atoms with Crippen LogP contribution in [-0.4, -0.2) is 31.1 Å². The third-order valence-electron chi connectivity index (χ3n) is 2.89. The number of piperidine rings is 1. The Hall–Kier alpha value is -0.320. The fraction of sp³-hybridized carbons (Fsp3) is 0.900. The highest BCUT2D eigenvalue weighted by molar-refractivity contribution is 5.85. The summed E-state index contributed by atoms with van der Waals surface area (Å²) in [5, 5.41) is 6.30. The summed E-state index contributed by atoms with van der Waals surface area (Å²) in [7, 11) is 0. The fourth-order valence-corrected chi connectivity index (χ4v) is 1.54. The van der Waals surface area contributed by atoms with E-state index in [0.717, 1.165) is 25.9 Å². The molecular formula is C10H22ClN3O. The molecule has 0 bridgehead atoms. The second-order valence-electron chi connectivity index (χ2n) is 4.18. The Kier molecular flexibility index (Phi) is 6.89. The van der Waals surface area contributed by atoms with Gasteiger partial charge >= 0.3 is 0 Å². The Bertz CT molecular complexity index is 193. The van der Waals surface area contributed by atoms with Gasteiger partial charge in [-0.1, -0.05) is 6.92 Å². The number of hydrogen-bond acceptors (Lipinski definition) is 3. The molecular weight excluding hydrogens is 214 g/mol. The van der Waals surface area contributed by atoms with Crippen LogP contribution in [-0.2, 0) is 4.79 Å². The number of hydrogen-bond donors (Lipinski definition) is 3. The van der Waals surface area contributed by atoms with Crippen molar-refractivity contribution in [1.82, 2.24) is 10.6 Å². The van der Waals surface area contributed by atoms with Gasteiger partial charge in [-0.2, -0.15) is 0 Å². The Labute approximate surface area is 97.8 Å². The first-order valence-electron chi connectivity index (χ1n) is 5.38. The molecule has 1 fully saturated rings. The SMILES string of the molecule is CC(N)C(C)C(=O)NC1CCNCC1.Cl. The highest BCUT2D eigenvalue weighted by atomic mass is 35.5. The minimum Gasteiger partial charge on any atom is -0.353 e. The predicted octanol–water partition coefficient (Wildman–Crippen LogP) is 0.260. The molecule has 0 aromatic carbocycles. The summed E-state index contributed by atoms with van der Waals surface area (Å²) in [6.07, 6.45) is 2.05. The van der Waals surface area contributed by atoms with Crippen LogP contribution in [0.2, 0.25) is 0 Å². The standard InChI is InChI=1S/C10H21N3O.ClH/c1-7(8(2)11)10(14)13-9-3-5-12-6-4-9;/h7-9,12H,3-6,11H2,1-2H3,(H,13,14);1H. The smallest absolute Gasteiger partial charge is 0.224 e. The van der Waals surface area contributed by atoms with E-state index in [1.807, 2.05) is 13.8 Å². The van der Waals surface area contributed by atoms with Gasteiger partial charge in [0.1, 0.15) is 0 Å². The molecule has 2 unspecified atom stereocenters. The largest absolute Gasteiger partial charge is 0.353 e. The lowest BCUT2D eigenvalue weighted by Crippen LogP contribution is -2.47. The van der Waals surface area contributed by atoms with E-state index in [1.54, 1.807) is 0 Å². The van der Waals surface area contributed by atoms with Crippen molar-refractivity contribution in [3.63, 3.8) is 0 Å². The van der Waals surface area contributed by atoms with Crippen LogP contribution >= 0.6 is 12.4 Å². The van der Waals surface area contributed by atoms with Crippen LogP contribution < -0.4 is 16.4 Å². The summed E-state index contributed by atoms with van der Waals surface area (Å²) in [5.74, 6) is -0.00298. The molecule has 1 aliphatic heterocycles. The normalized spacial score (nSPS) is 21.3. The van der Waals surface area contributed by atoms with E-state index in [1.165, 1.54) is 0 Å². The first-order chi connectivity index (χ1) is 6.61. The van der Waals surface area contributed by atoms with Gasteiger partial charge in [-0.05, 0) is 32.9 Å². The lowest BCUT2D eigenvalue weighted by molar-refractivity contribution is -0.125. The van der Waals surface area contributed by atoms with E-state index < -0.39 is 0 Å². The second kappa shape index (κ2) is 7.04. The Morgan fingerprint density at radius 2 is 1.93 bits per heavy atom. The monoisotopic (exact) mass is 235 g/mol. The van der Waals surface area contributed by atoms with Crippen molar-refractivity contribution in [2.75, 3.05) is 13.1 Å². The average molecular weight is 236 g/mol. The molecule has 4 N–H and O–H groups in total. The van der Waals surface area contributed by atoms with E-state index in [-0.39, 0.29) is 30.3 Å². The highest BCUT2D eigenvalue weighted by Gasteiger charge is 2.21. The molecule has 1 amide bonds. The van der Waals surface area contributed by atoms with Crippen LogP contribution in [0.5, 0.6) is 0 Å². The number of amides is 1. The van der Waals surface area contributed by atoms with Crippen molar-refractivity contribution in [2.24, 2.45) is 11.7 Å². The summed E-state index contributed by atoms with van der Waals surface area (Å²) in [6, 6.07) is 0.265. The Balaban J connectivity index is 0.00000196. The molecule has 0 radical (unpaired) electrons. The molecule has 0 aromatic heterocycles. The summed E-state index contributed by atoms with van der Waals surface area (Å²) < 4.78 is 0. The van der Waals surface area contributed by atoms with Gasteiger partial charge in [0.2, 0.25) is 5.91 Å². The van der Waals surface area contributed by atoms with E-state index >= 15 is 0 Å². The maximum Gasteiger partial charge on any atom is 0.224 e. The maximum absolute atomic E-state index is 11.6. The number of carbonyl (C=O) groups is 1. The Morgan fingerprint density at radius 3 is 2.40 bits per heavy atom. The zero-order chi connectivity index (χ0) is 10.6. The van der Waals surface area contributed by atoms with Gasteiger partial charge < -0.3 is 16.4 Å². The first-order valence-corrected chi connectivity index (χ1v) is 5.38. The zero-order valence-electron chi connectivity index (χ0n) is 9.45. The second-order valence-corrected chi connectivity index (χ2v) is 4.18. The van der Waals surface area contributed by atoms with Crippen molar-refractivity contribution in [2.45, 2.75) is 38.8 Å². The van der Waals surface area contributed by atoms with Crippen LogP contribution in [0.25, 0.3) is 0 Å². The lowest BCUT2D eigenvalue weighted by atomic mass is 10.0. The van der Waals surface area contributed by atoms with Crippen LogP contribution in [0.3, 0.4) is 0 Å². The summed E-state index contributed by atoms with van der Waals surface area (Å²) in [4.78, 5) is 11.6. The molecule has 2 atom stereocenters. The summed E-state index contributed by atoms with van der Waals surface area (Å²) in [5.41, 5.74) is 5.67. The van der Waals surface area contributed by atoms with E-state index in [4.69, 9.17) is 5.73 Å². The minimum atomic E-state index is -0.0927. The number of halogens is 1. The van der Waals surface area contributed by atoms with E-state index in [0.29, 0.717) is 6.04 Å². The van der Waals surface area contributed by atoms with Gasteiger partial charge in [-0.15, -0.1) is 12.4 Å². The van der Waals surface area contributed by atoms with Gasteiger partial charge in [0.25, 0.3) is 0 Å². The van der Waals surface area contributed by atoms with Crippen molar-refractivity contribution >= 4 is 18.3 Å². The average Bonchev–Trinajstić information content (AvgIpc) is 2.18. The van der Waals surface area contributed by atoms with Crippen molar-refractivity contribution in [3.05, 3.63) is 0 Å². The molecule has 0 aromatic rings. The molecule has 1 aliphatic rings. The van der Waals surface area contributed by atoms with Crippen molar-refractivity contribution < 1.29 is 4.79 Å². The number of nitrogens with two attached hydrogens (primary N) is 1. The van der Waals surface area contributed by atoms with Gasteiger partial charge in [0.05, 0.1) is 0 Å². The highest BCUT2D eigenvalue weighted by Crippen LogP contribution is 2.05. The zero-order valence-corrected chi connectivity index (χ0v) is 10.3. The third kappa shape index (κ3) is 4.82. The molecule has 1 rings (SSSR count). The Morgan fingerprint density at radius 1 is 1.40 bits per heavy atom.